The van der Waals surface area contributed by atoms with Crippen molar-refractivity contribution in [2.45, 2.75) is 39.0 Å². The van der Waals surface area contributed by atoms with Gasteiger partial charge in [0.05, 0.1) is 5.41 Å². The Morgan fingerprint density at radius 2 is 1.83 bits per heavy atom. The summed E-state index contributed by atoms with van der Waals surface area (Å²) in [6, 6.07) is 14.4. The number of rotatable bonds is 3. The number of fused-ring (bicyclic) bond motifs is 1. The van der Waals surface area contributed by atoms with Crippen LogP contribution in [0.5, 0.6) is 0 Å². The Bertz CT molecular complexity index is 948. The van der Waals surface area contributed by atoms with Gasteiger partial charge in [-0.3, -0.25) is 4.79 Å². The van der Waals surface area contributed by atoms with E-state index < -0.39 is 0 Å². The molecule has 0 spiro atoms. The van der Waals surface area contributed by atoms with Gasteiger partial charge in [-0.1, -0.05) is 35.9 Å². The molecule has 1 heterocycles. The number of nitrogens with one attached hydrogen (secondary N) is 2. The number of carbonyl (C=O) groups is 1. The van der Waals surface area contributed by atoms with Gasteiger partial charge in [-0.25, -0.2) is 0 Å². The zero-order valence-corrected chi connectivity index (χ0v) is 14.4. The number of amides is 1. The summed E-state index contributed by atoms with van der Waals surface area (Å²) in [5.41, 5.74) is 6.21. The monoisotopic (exact) mass is 318 g/mol. The zero-order chi connectivity index (χ0) is 16.9. The van der Waals surface area contributed by atoms with E-state index in [1.807, 2.05) is 31.2 Å². The van der Waals surface area contributed by atoms with Gasteiger partial charge in [-0.15, -0.1) is 0 Å². The van der Waals surface area contributed by atoms with Crippen LogP contribution >= 0.6 is 0 Å². The second kappa shape index (κ2) is 5.23. The molecular weight excluding hydrogens is 296 g/mol. The summed E-state index contributed by atoms with van der Waals surface area (Å²) in [6.45, 7) is 6.18. The van der Waals surface area contributed by atoms with Crippen molar-refractivity contribution in [3.8, 4) is 0 Å². The first kappa shape index (κ1) is 15.0. The van der Waals surface area contributed by atoms with Crippen LogP contribution in [0, 0.1) is 20.8 Å². The van der Waals surface area contributed by atoms with Crippen LogP contribution in [0.3, 0.4) is 0 Å². The number of hydrogen-bond donors (Lipinski definition) is 2. The normalized spacial score (nSPS) is 15.5. The molecule has 0 aliphatic heterocycles. The van der Waals surface area contributed by atoms with Gasteiger partial charge < -0.3 is 10.3 Å². The third-order valence-corrected chi connectivity index (χ3v) is 5.19. The molecule has 1 amide bonds. The van der Waals surface area contributed by atoms with Crippen LogP contribution in [0.4, 0.5) is 5.69 Å². The first-order valence-electron chi connectivity index (χ1n) is 8.48. The molecule has 1 aliphatic carbocycles. The van der Waals surface area contributed by atoms with Gasteiger partial charge in [0.2, 0.25) is 5.91 Å². The Morgan fingerprint density at radius 3 is 2.54 bits per heavy atom. The molecule has 0 saturated heterocycles. The van der Waals surface area contributed by atoms with E-state index in [9.17, 15) is 4.79 Å². The molecule has 0 radical (unpaired) electrons. The van der Waals surface area contributed by atoms with Crippen LogP contribution in [0.2, 0.25) is 0 Å². The summed E-state index contributed by atoms with van der Waals surface area (Å²) in [6.07, 6.45) is 1.82. The molecule has 2 aromatic carbocycles. The number of benzene rings is 2. The number of aromatic amines is 1. The average Bonchev–Trinajstić information content (AvgIpc) is 3.27. The van der Waals surface area contributed by atoms with E-state index in [2.05, 4.69) is 42.3 Å². The van der Waals surface area contributed by atoms with Crippen molar-refractivity contribution >= 4 is 22.5 Å². The predicted molar refractivity (Wildman–Crippen MR) is 98.5 cm³/mol. The fourth-order valence-corrected chi connectivity index (χ4v) is 3.80. The summed E-state index contributed by atoms with van der Waals surface area (Å²) >= 11 is 0. The summed E-state index contributed by atoms with van der Waals surface area (Å²) in [5.74, 6) is 0.113. The summed E-state index contributed by atoms with van der Waals surface area (Å²) < 4.78 is 0. The minimum Gasteiger partial charge on any atom is -0.358 e. The lowest BCUT2D eigenvalue weighted by molar-refractivity contribution is -0.118. The van der Waals surface area contributed by atoms with Crippen LogP contribution < -0.4 is 5.32 Å². The van der Waals surface area contributed by atoms with Gasteiger partial charge in [0.1, 0.15) is 0 Å². The van der Waals surface area contributed by atoms with Crippen LogP contribution in [0.1, 0.15) is 35.2 Å². The molecule has 122 valence electrons. The van der Waals surface area contributed by atoms with Gasteiger partial charge >= 0.3 is 0 Å². The lowest BCUT2D eigenvalue weighted by Crippen LogP contribution is -2.28. The highest BCUT2D eigenvalue weighted by molar-refractivity contribution is 6.05. The Balaban J connectivity index is 1.72. The predicted octanol–water partition coefficient (Wildman–Crippen LogP) is 4.76. The van der Waals surface area contributed by atoms with Crippen molar-refractivity contribution in [2.75, 3.05) is 5.32 Å². The van der Waals surface area contributed by atoms with Crippen molar-refractivity contribution in [2.24, 2.45) is 0 Å². The summed E-state index contributed by atoms with van der Waals surface area (Å²) in [4.78, 5) is 16.5. The van der Waals surface area contributed by atoms with Crippen molar-refractivity contribution < 1.29 is 4.79 Å². The molecule has 0 bridgehead atoms. The summed E-state index contributed by atoms with van der Waals surface area (Å²) in [5, 5.41) is 4.34. The quantitative estimate of drug-likeness (QED) is 0.718. The number of H-pyrrole nitrogens is 1. The fraction of sp³-hybridized carbons (Fsp3) is 0.286. The fourth-order valence-electron chi connectivity index (χ4n) is 3.80. The van der Waals surface area contributed by atoms with Crippen LogP contribution in [-0.2, 0) is 10.2 Å². The minimum atomic E-state index is -0.388. The minimum absolute atomic E-state index is 0.113. The lowest BCUT2D eigenvalue weighted by atomic mass is 9.92. The highest BCUT2D eigenvalue weighted by Crippen LogP contribution is 2.52. The Hall–Kier alpha value is -2.55. The third-order valence-electron chi connectivity index (χ3n) is 5.19. The van der Waals surface area contributed by atoms with Crippen molar-refractivity contribution in [1.29, 1.82) is 0 Å². The zero-order valence-electron chi connectivity index (χ0n) is 14.4. The topological polar surface area (TPSA) is 44.9 Å². The molecule has 24 heavy (non-hydrogen) atoms. The molecule has 1 aliphatic rings. The molecule has 3 nitrogen and oxygen atoms in total. The molecular formula is C21H22N2O. The molecule has 0 atom stereocenters. The average molecular weight is 318 g/mol. The van der Waals surface area contributed by atoms with Gasteiger partial charge in [-0.05, 0) is 56.9 Å². The van der Waals surface area contributed by atoms with Crippen molar-refractivity contribution in [3.05, 3.63) is 64.8 Å². The Morgan fingerprint density at radius 1 is 1.08 bits per heavy atom. The maximum atomic E-state index is 13.1. The van der Waals surface area contributed by atoms with E-state index in [4.69, 9.17) is 0 Å². The van der Waals surface area contributed by atoms with Crippen molar-refractivity contribution in [1.82, 2.24) is 4.98 Å². The second-order valence-corrected chi connectivity index (χ2v) is 7.03. The van der Waals surface area contributed by atoms with E-state index in [1.54, 1.807) is 0 Å². The molecule has 1 saturated carbocycles. The number of carbonyl (C=O) groups excluding carboxylic acids is 1. The molecule has 1 aromatic heterocycles. The molecule has 4 rings (SSSR count). The number of aryl methyl sites for hydroxylation is 3. The lowest BCUT2D eigenvalue weighted by Gasteiger charge is -2.17. The molecule has 1 fully saturated rings. The van der Waals surface area contributed by atoms with Gasteiger partial charge in [0.25, 0.3) is 0 Å². The molecule has 0 unspecified atom stereocenters. The maximum absolute atomic E-state index is 13.1. The van der Waals surface area contributed by atoms with E-state index in [-0.39, 0.29) is 11.3 Å². The van der Waals surface area contributed by atoms with E-state index >= 15 is 0 Å². The van der Waals surface area contributed by atoms with Gasteiger partial charge in [0, 0.05) is 22.3 Å². The van der Waals surface area contributed by atoms with E-state index in [0.29, 0.717) is 0 Å². The first-order chi connectivity index (χ1) is 11.5. The molecule has 3 heteroatoms. The number of hydrogen-bond acceptors (Lipinski definition) is 1. The Kier molecular flexibility index (Phi) is 3.27. The van der Waals surface area contributed by atoms with Crippen molar-refractivity contribution in [3.63, 3.8) is 0 Å². The van der Waals surface area contributed by atoms with Crippen LogP contribution in [0.15, 0.2) is 42.5 Å². The number of para-hydroxylation sites is 1. The van der Waals surface area contributed by atoms with Crippen LogP contribution in [-0.4, -0.2) is 10.9 Å². The third kappa shape index (κ3) is 2.23. The molecule has 3 aromatic rings. The second-order valence-electron chi connectivity index (χ2n) is 7.03. The number of anilines is 1. The molecule has 2 N–H and O–H groups in total. The van der Waals surface area contributed by atoms with E-state index in [0.717, 1.165) is 35.3 Å². The standard InChI is InChI=1S/C21H22N2O/c1-13-8-9-17(14(2)12-13)23-20(24)21(10-11-21)19-15(3)22-18-7-5-4-6-16(18)19/h4-9,12,22H,10-11H2,1-3H3,(H,23,24). The summed E-state index contributed by atoms with van der Waals surface area (Å²) in [7, 11) is 0. The SMILES string of the molecule is Cc1ccc(NC(=O)C2(c3c(C)[nH]c4ccccc34)CC2)c(C)c1. The first-order valence-corrected chi connectivity index (χ1v) is 8.48. The highest BCUT2D eigenvalue weighted by Gasteiger charge is 2.53. The highest BCUT2D eigenvalue weighted by atomic mass is 16.2. The Labute approximate surface area is 142 Å². The van der Waals surface area contributed by atoms with Crippen LogP contribution in [0.25, 0.3) is 10.9 Å². The number of aromatic nitrogens is 1. The smallest absolute Gasteiger partial charge is 0.235 e. The van der Waals surface area contributed by atoms with E-state index in [1.165, 1.54) is 16.5 Å². The van der Waals surface area contributed by atoms with Gasteiger partial charge in [0.15, 0.2) is 0 Å². The largest absolute Gasteiger partial charge is 0.358 e. The van der Waals surface area contributed by atoms with Gasteiger partial charge in [-0.2, -0.15) is 0 Å². The maximum Gasteiger partial charge on any atom is 0.235 e.